The molecule has 0 heterocycles. The number of benzene rings is 1. The van der Waals surface area contributed by atoms with Crippen LogP contribution in [0.25, 0.3) is 0 Å². The molecule has 100 valence electrons. The highest BCUT2D eigenvalue weighted by Gasteiger charge is 2.10. The van der Waals surface area contributed by atoms with E-state index in [-0.39, 0.29) is 11.9 Å². The van der Waals surface area contributed by atoms with Crippen LogP contribution in [0.15, 0.2) is 18.2 Å². The summed E-state index contributed by atoms with van der Waals surface area (Å²) in [5.74, 6) is 0.152. The lowest BCUT2D eigenvalue weighted by Gasteiger charge is -2.18. The van der Waals surface area contributed by atoms with Crippen LogP contribution in [0.5, 0.6) is 0 Å². The Hall–Kier alpha value is -1.35. The van der Waals surface area contributed by atoms with Crippen molar-refractivity contribution in [2.24, 2.45) is 5.73 Å². The minimum absolute atomic E-state index is 0.141. The van der Waals surface area contributed by atoms with Crippen LogP contribution in [0.3, 0.4) is 0 Å². The number of aryl methyl sites for hydroxylation is 2. The van der Waals surface area contributed by atoms with Gasteiger partial charge in [-0.15, -0.1) is 0 Å². The van der Waals surface area contributed by atoms with Gasteiger partial charge in [-0.2, -0.15) is 0 Å². The van der Waals surface area contributed by atoms with Gasteiger partial charge < -0.3 is 10.6 Å². The van der Waals surface area contributed by atoms with Crippen LogP contribution in [0.2, 0.25) is 0 Å². The number of nitrogens with zero attached hydrogens (tertiary/aromatic N) is 1. The molecule has 0 aliphatic carbocycles. The molecule has 0 aliphatic rings. The van der Waals surface area contributed by atoms with E-state index in [9.17, 15) is 4.79 Å². The lowest BCUT2D eigenvalue weighted by molar-refractivity contribution is -0.129. The third-order valence-electron chi connectivity index (χ3n) is 3.27. The Morgan fingerprint density at radius 1 is 1.33 bits per heavy atom. The highest BCUT2D eigenvalue weighted by molar-refractivity contribution is 5.78. The first-order chi connectivity index (χ1) is 8.40. The predicted octanol–water partition coefficient (Wildman–Crippen LogP) is 2.04. The molecular weight excluding hydrogens is 224 g/mol. The molecule has 0 aliphatic heterocycles. The second-order valence-corrected chi connectivity index (χ2v) is 5.18. The van der Waals surface area contributed by atoms with Crippen molar-refractivity contribution in [3.8, 4) is 0 Å². The Morgan fingerprint density at radius 3 is 2.56 bits per heavy atom. The zero-order chi connectivity index (χ0) is 13.7. The van der Waals surface area contributed by atoms with Crippen LogP contribution in [0.1, 0.15) is 30.0 Å². The smallest absolute Gasteiger partial charge is 0.226 e. The molecule has 3 heteroatoms. The van der Waals surface area contributed by atoms with E-state index in [1.165, 1.54) is 11.1 Å². The normalized spacial score (nSPS) is 12.3. The van der Waals surface area contributed by atoms with Crippen molar-refractivity contribution in [3.05, 3.63) is 34.9 Å². The molecule has 3 nitrogen and oxygen atoms in total. The predicted molar refractivity (Wildman–Crippen MR) is 75.5 cm³/mol. The van der Waals surface area contributed by atoms with Crippen LogP contribution in [0.4, 0.5) is 0 Å². The van der Waals surface area contributed by atoms with E-state index < -0.39 is 0 Å². The maximum atomic E-state index is 12.0. The summed E-state index contributed by atoms with van der Waals surface area (Å²) < 4.78 is 0. The Bertz CT molecular complexity index is 413. The summed E-state index contributed by atoms with van der Waals surface area (Å²) in [6, 6.07) is 6.33. The molecule has 2 N–H and O–H groups in total. The molecule has 0 radical (unpaired) electrons. The Morgan fingerprint density at radius 2 is 2.00 bits per heavy atom. The number of hydrogen-bond acceptors (Lipinski definition) is 2. The largest absolute Gasteiger partial charge is 0.345 e. The Balaban J connectivity index is 2.55. The van der Waals surface area contributed by atoms with E-state index in [4.69, 9.17) is 5.73 Å². The van der Waals surface area contributed by atoms with Gasteiger partial charge in [0.05, 0.1) is 6.42 Å². The Kier molecular flexibility index (Phi) is 5.35. The van der Waals surface area contributed by atoms with E-state index in [1.54, 1.807) is 4.90 Å². The third-order valence-corrected chi connectivity index (χ3v) is 3.27. The summed E-state index contributed by atoms with van der Waals surface area (Å²) in [5.41, 5.74) is 9.27. The highest BCUT2D eigenvalue weighted by atomic mass is 16.2. The fourth-order valence-electron chi connectivity index (χ4n) is 1.75. The number of likely N-dealkylation sites (N-methyl/N-ethyl adjacent to an activating group) is 1. The van der Waals surface area contributed by atoms with Crippen LogP contribution in [-0.4, -0.2) is 30.4 Å². The fourth-order valence-corrected chi connectivity index (χ4v) is 1.75. The summed E-state index contributed by atoms with van der Waals surface area (Å²) >= 11 is 0. The van der Waals surface area contributed by atoms with Crippen molar-refractivity contribution in [1.29, 1.82) is 0 Å². The molecule has 1 atom stereocenters. The second-order valence-electron chi connectivity index (χ2n) is 5.18. The topological polar surface area (TPSA) is 46.3 Å². The zero-order valence-electron chi connectivity index (χ0n) is 11.9. The van der Waals surface area contributed by atoms with Gasteiger partial charge in [-0.05, 0) is 43.9 Å². The van der Waals surface area contributed by atoms with Crippen LogP contribution in [-0.2, 0) is 11.2 Å². The zero-order valence-corrected chi connectivity index (χ0v) is 11.9. The minimum Gasteiger partial charge on any atom is -0.345 e. The van der Waals surface area contributed by atoms with Gasteiger partial charge in [-0.1, -0.05) is 18.2 Å². The monoisotopic (exact) mass is 248 g/mol. The fraction of sp³-hybridized carbons (Fsp3) is 0.533. The van der Waals surface area contributed by atoms with Gasteiger partial charge in [0.25, 0.3) is 0 Å². The van der Waals surface area contributed by atoms with E-state index in [0.29, 0.717) is 6.42 Å². The molecule has 0 saturated heterocycles. The standard InChI is InChI=1S/C15H24N2O/c1-11-5-6-14(9-12(11)2)10-15(18)17(4)8-7-13(3)16/h5-6,9,13H,7-8,10,16H2,1-4H3. The van der Waals surface area contributed by atoms with Crippen molar-refractivity contribution < 1.29 is 4.79 Å². The maximum Gasteiger partial charge on any atom is 0.226 e. The van der Waals surface area contributed by atoms with Crippen molar-refractivity contribution in [3.63, 3.8) is 0 Å². The van der Waals surface area contributed by atoms with Gasteiger partial charge in [0, 0.05) is 19.6 Å². The quantitative estimate of drug-likeness (QED) is 0.866. The summed E-state index contributed by atoms with van der Waals surface area (Å²) in [7, 11) is 1.84. The molecule has 1 amide bonds. The van der Waals surface area contributed by atoms with Crippen LogP contribution >= 0.6 is 0 Å². The summed E-state index contributed by atoms with van der Waals surface area (Å²) in [6.07, 6.45) is 1.31. The first-order valence-electron chi connectivity index (χ1n) is 6.46. The lowest BCUT2D eigenvalue weighted by Crippen LogP contribution is -2.32. The molecule has 18 heavy (non-hydrogen) atoms. The summed E-state index contributed by atoms with van der Waals surface area (Å²) in [6.45, 7) is 6.84. The number of carbonyl (C=O) groups excluding carboxylic acids is 1. The minimum atomic E-state index is 0.141. The average molecular weight is 248 g/mol. The molecule has 1 aromatic carbocycles. The number of nitrogens with two attached hydrogens (primary N) is 1. The Labute approximate surface area is 110 Å². The highest BCUT2D eigenvalue weighted by Crippen LogP contribution is 2.11. The molecule has 1 unspecified atom stereocenters. The number of amides is 1. The molecule has 0 aromatic heterocycles. The van der Waals surface area contributed by atoms with Crippen molar-refractivity contribution >= 4 is 5.91 Å². The molecule has 0 spiro atoms. The van der Waals surface area contributed by atoms with Crippen molar-refractivity contribution in [2.45, 2.75) is 39.7 Å². The number of carbonyl (C=O) groups is 1. The van der Waals surface area contributed by atoms with Crippen molar-refractivity contribution in [1.82, 2.24) is 4.90 Å². The summed E-state index contributed by atoms with van der Waals surface area (Å²) in [5, 5.41) is 0. The van der Waals surface area contributed by atoms with Crippen LogP contribution < -0.4 is 5.73 Å². The molecule has 0 saturated carbocycles. The van der Waals surface area contributed by atoms with Gasteiger partial charge in [0.1, 0.15) is 0 Å². The summed E-state index contributed by atoms with van der Waals surface area (Å²) in [4.78, 5) is 13.8. The van der Waals surface area contributed by atoms with Gasteiger partial charge in [0.15, 0.2) is 0 Å². The first kappa shape index (κ1) is 14.7. The second kappa shape index (κ2) is 6.55. The maximum absolute atomic E-state index is 12.0. The van der Waals surface area contributed by atoms with Gasteiger partial charge >= 0.3 is 0 Å². The molecule has 1 aromatic rings. The SMILES string of the molecule is Cc1ccc(CC(=O)N(C)CCC(C)N)cc1C. The number of rotatable bonds is 5. The lowest BCUT2D eigenvalue weighted by atomic mass is 10.0. The van der Waals surface area contributed by atoms with E-state index in [2.05, 4.69) is 26.0 Å². The van der Waals surface area contributed by atoms with Crippen LogP contribution in [0, 0.1) is 13.8 Å². The van der Waals surface area contributed by atoms with E-state index in [1.807, 2.05) is 20.0 Å². The van der Waals surface area contributed by atoms with Crippen molar-refractivity contribution in [2.75, 3.05) is 13.6 Å². The van der Waals surface area contributed by atoms with E-state index in [0.717, 1.165) is 18.5 Å². The van der Waals surface area contributed by atoms with Gasteiger partial charge in [-0.3, -0.25) is 4.79 Å². The molecule has 0 bridgehead atoms. The first-order valence-corrected chi connectivity index (χ1v) is 6.46. The number of hydrogen-bond donors (Lipinski definition) is 1. The van der Waals surface area contributed by atoms with Gasteiger partial charge in [-0.25, -0.2) is 0 Å². The van der Waals surface area contributed by atoms with E-state index >= 15 is 0 Å². The van der Waals surface area contributed by atoms with Gasteiger partial charge in [0.2, 0.25) is 5.91 Å². The molecule has 1 rings (SSSR count). The molecular formula is C15H24N2O. The molecule has 0 fully saturated rings. The average Bonchev–Trinajstić information content (AvgIpc) is 2.30. The third kappa shape index (κ3) is 4.49.